The topological polar surface area (TPSA) is 47.3 Å². The van der Waals surface area contributed by atoms with Crippen molar-refractivity contribution in [2.45, 2.75) is 26.2 Å². The number of carbonyl (C=O) groups is 1. The number of nitrogens with zero attached hydrogens (tertiary/aromatic N) is 3. The molecule has 1 amide bonds. The first kappa shape index (κ1) is 12.0. The van der Waals surface area contributed by atoms with Gasteiger partial charge in [0, 0.05) is 45.6 Å². The monoisotopic (exact) mass is 209 g/mol. The van der Waals surface area contributed by atoms with Crippen molar-refractivity contribution in [3.63, 3.8) is 0 Å². The van der Waals surface area contributed by atoms with Crippen LogP contribution in [0, 0.1) is 11.3 Å². The molecule has 1 fully saturated rings. The Morgan fingerprint density at radius 1 is 1.33 bits per heavy atom. The summed E-state index contributed by atoms with van der Waals surface area (Å²) in [5.41, 5.74) is 0. The highest BCUT2D eigenvalue weighted by molar-refractivity contribution is 5.76. The highest BCUT2D eigenvalue weighted by atomic mass is 16.2. The highest BCUT2D eigenvalue weighted by Crippen LogP contribution is 2.05. The Kier molecular flexibility index (Phi) is 5.13. The minimum Gasteiger partial charge on any atom is -0.340 e. The molecule has 4 heteroatoms. The van der Waals surface area contributed by atoms with E-state index in [2.05, 4.69) is 11.0 Å². The van der Waals surface area contributed by atoms with Gasteiger partial charge in [0.25, 0.3) is 0 Å². The SMILES string of the molecule is CCCC(=O)N1CCN(CCC#N)CC1. The van der Waals surface area contributed by atoms with Gasteiger partial charge in [-0.3, -0.25) is 9.69 Å². The predicted molar refractivity (Wildman–Crippen MR) is 58.2 cm³/mol. The fraction of sp³-hybridized carbons (Fsp3) is 0.818. The van der Waals surface area contributed by atoms with Crippen LogP contribution in [-0.4, -0.2) is 48.4 Å². The van der Waals surface area contributed by atoms with Crippen LogP contribution >= 0.6 is 0 Å². The summed E-state index contributed by atoms with van der Waals surface area (Å²) in [6.45, 7) is 6.34. The molecule has 1 aliphatic heterocycles. The van der Waals surface area contributed by atoms with E-state index in [0.29, 0.717) is 12.8 Å². The quantitative estimate of drug-likeness (QED) is 0.689. The molecule has 1 saturated heterocycles. The lowest BCUT2D eigenvalue weighted by Crippen LogP contribution is -2.48. The molecule has 84 valence electrons. The van der Waals surface area contributed by atoms with Crippen LogP contribution in [0.5, 0.6) is 0 Å². The van der Waals surface area contributed by atoms with Gasteiger partial charge in [-0.15, -0.1) is 0 Å². The first-order chi connectivity index (χ1) is 7.27. The van der Waals surface area contributed by atoms with Crippen molar-refractivity contribution in [2.75, 3.05) is 32.7 Å². The van der Waals surface area contributed by atoms with Crippen LogP contribution < -0.4 is 0 Å². The van der Waals surface area contributed by atoms with Gasteiger partial charge in [-0.1, -0.05) is 6.92 Å². The molecule has 4 nitrogen and oxygen atoms in total. The molecular weight excluding hydrogens is 190 g/mol. The van der Waals surface area contributed by atoms with E-state index < -0.39 is 0 Å². The molecule has 0 saturated carbocycles. The number of hydrogen-bond acceptors (Lipinski definition) is 3. The number of amides is 1. The number of hydrogen-bond donors (Lipinski definition) is 0. The van der Waals surface area contributed by atoms with Crippen LogP contribution in [0.3, 0.4) is 0 Å². The Hall–Kier alpha value is -1.08. The number of nitriles is 1. The zero-order chi connectivity index (χ0) is 11.1. The molecular formula is C11H19N3O. The third-order valence-electron chi connectivity index (χ3n) is 2.73. The molecule has 0 aromatic heterocycles. The highest BCUT2D eigenvalue weighted by Gasteiger charge is 2.19. The van der Waals surface area contributed by atoms with E-state index in [1.807, 2.05) is 11.8 Å². The van der Waals surface area contributed by atoms with Crippen molar-refractivity contribution in [3.05, 3.63) is 0 Å². The zero-order valence-electron chi connectivity index (χ0n) is 9.41. The van der Waals surface area contributed by atoms with Crippen LogP contribution in [0.15, 0.2) is 0 Å². The first-order valence-electron chi connectivity index (χ1n) is 5.65. The Morgan fingerprint density at radius 2 is 2.00 bits per heavy atom. The Balaban J connectivity index is 2.23. The molecule has 1 aliphatic rings. The van der Waals surface area contributed by atoms with Crippen molar-refractivity contribution in [1.82, 2.24) is 9.80 Å². The van der Waals surface area contributed by atoms with Crippen LogP contribution in [0.2, 0.25) is 0 Å². The molecule has 0 radical (unpaired) electrons. The van der Waals surface area contributed by atoms with E-state index in [1.54, 1.807) is 0 Å². The van der Waals surface area contributed by atoms with Crippen LogP contribution in [-0.2, 0) is 4.79 Å². The van der Waals surface area contributed by atoms with Gasteiger partial charge >= 0.3 is 0 Å². The summed E-state index contributed by atoms with van der Waals surface area (Å²) in [4.78, 5) is 15.8. The molecule has 0 aliphatic carbocycles. The molecule has 15 heavy (non-hydrogen) atoms. The largest absolute Gasteiger partial charge is 0.340 e. The molecule has 0 aromatic carbocycles. The first-order valence-corrected chi connectivity index (χ1v) is 5.65. The van der Waals surface area contributed by atoms with Gasteiger partial charge in [0.1, 0.15) is 0 Å². The average molecular weight is 209 g/mol. The number of rotatable bonds is 4. The summed E-state index contributed by atoms with van der Waals surface area (Å²) >= 11 is 0. The summed E-state index contributed by atoms with van der Waals surface area (Å²) < 4.78 is 0. The lowest BCUT2D eigenvalue weighted by Gasteiger charge is -2.34. The zero-order valence-corrected chi connectivity index (χ0v) is 9.41. The smallest absolute Gasteiger partial charge is 0.222 e. The van der Waals surface area contributed by atoms with E-state index in [0.717, 1.165) is 39.1 Å². The lowest BCUT2D eigenvalue weighted by atomic mass is 10.2. The minimum atomic E-state index is 0.275. The van der Waals surface area contributed by atoms with E-state index in [1.165, 1.54) is 0 Å². The van der Waals surface area contributed by atoms with Crippen molar-refractivity contribution >= 4 is 5.91 Å². The second-order valence-electron chi connectivity index (χ2n) is 3.88. The fourth-order valence-electron chi connectivity index (χ4n) is 1.80. The van der Waals surface area contributed by atoms with Gasteiger partial charge in [0.05, 0.1) is 6.07 Å². The van der Waals surface area contributed by atoms with Gasteiger partial charge in [0.2, 0.25) is 5.91 Å². The Bertz CT molecular complexity index is 239. The van der Waals surface area contributed by atoms with Crippen LogP contribution in [0.1, 0.15) is 26.2 Å². The summed E-state index contributed by atoms with van der Waals surface area (Å²) in [5.74, 6) is 0.275. The average Bonchev–Trinajstić information content (AvgIpc) is 2.27. The van der Waals surface area contributed by atoms with Crippen molar-refractivity contribution in [1.29, 1.82) is 5.26 Å². The molecule has 1 heterocycles. The van der Waals surface area contributed by atoms with Crippen LogP contribution in [0.25, 0.3) is 0 Å². The summed E-state index contributed by atoms with van der Waals surface area (Å²) in [6.07, 6.45) is 2.18. The summed E-state index contributed by atoms with van der Waals surface area (Å²) in [6, 6.07) is 2.15. The van der Waals surface area contributed by atoms with Gasteiger partial charge in [-0.25, -0.2) is 0 Å². The molecule has 0 bridgehead atoms. The maximum atomic E-state index is 11.6. The molecule has 0 atom stereocenters. The minimum absolute atomic E-state index is 0.275. The number of piperazine rings is 1. The van der Waals surface area contributed by atoms with E-state index in [4.69, 9.17) is 5.26 Å². The standard InChI is InChI=1S/C11H19N3O/c1-2-4-11(15)14-9-7-13(8-10-14)6-3-5-12/h2-4,6-10H2,1H3. The van der Waals surface area contributed by atoms with Crippen molar-refractivity contribution in [2.24, 2.45) is 0 Å². The summed E-state index contributed by atoms with van der Waals surface area (Å²) in [5, 5.41) is 8.47. The van der Waals surface area contributed by atoms with Gasteiger partial charge in [-0.05, 0) is 6.42 Å². The van der Waals surface area contributed by atoms with Gasteiger partial charge < -0.3 is 4.90 Å². The third-order valence-corrected chi connectivity index (χ3v) is 2.73. The van der Waals surface area contributed by atoms with Crippen molar-refractivity contribution in [3.8, 4) is 6.07 Å². The van der Waals surface area contributed by atoms with E-state index in [9.17, 15) is 4.79 Å². The molecule has 1 rings (SSSR count). The van der Waals surface area contributed by atoms with E-state index >= 15 is 0 Å². The summed E-state index contributed by atoms with van der Waals surface area (Å²) in [7, 11) is 0. The Labute approximate surface area is 91.5 Å². The van der Waals surface area contributed by atoms with E-state index in [-0.39, 0.29) is 5.91 Å². The normalized spacial score (nSPS) is 17.5. The lowest BCUT2D eigenvalue weighted by molar-refractivity contribution is -0.132. The number of carbonyl (C=O) groups excluding carboxylic acids is 1. The van der Waals surface area contributed by atoms with Gasteiger partial charge in [-0.2, -0.15) is 5.26 Å². The van der Waals surface area contributed by atoms with Crippen molar-refractivity contribution < 1.29 is 4.79 Å². The van der Waals surface area contributed by atoms with Crippen LogP contribution in [0.4, 0.5) is 0 Å². The maximum Gasteiger partial charge on any atom is 0.222 e. The molecule has 0 aromatic rings. The molecule has 0 unspecified atom stereocenters. The Morgan fingerprint density at radius 3 is 2.53 bits per heavy atom. The third kappa shape index (κ3) is 3.88. The maximum absolute atomic E-state index is 11.6. The second kappa shape index (κ2) is 6.41. The predicted octanol–water partition coefficient (Wildman–Crippen LogP) is 0.844. The second-order valence-corrected chi connectivity index (χ2v) is 3.88. The molecule has 0 N–H and O–H groups in total. The molecule has 0 spiro atoms. The fourth-order valence-corrected chi connectivity index (χ4v) is 1.80. The van der Waals surface area contributed by atoms with Gasteiger partial charge in [0.15, 0.2) is 0 Å².